The first-order valence-electron chi connectivity index (χ1n) is 18.5. The van der Waals surface area contributed by atoms with Crippen molar-refractivity contribution in [3.63, 3.8) is 0 Å². The second kappa shape index (κ2) is 17.4. The summed E-state index contributed by atoms with van der Waals surface area (Å²) in [5.74, 6) is 0. The smallest absolute Gasteiger partial charge is 0.0682 e. The fourth-order valence-electron chi connectivity index (χ4n) is 8.11. The second-order valence-electron chi connectivity index (χ2n) is 13.8. The molecule has 6 aromatic rings. The molecular formula is C48H51NO2. The molecule has 3 heteroatoms. The number of rotatable bonds is 17. The molecule has 0 aromatic heterocycles. The topological polar surface area (TPSA) is 43.7 Å². The van der Waals surface area contributed by atoms with Crippen LogP contribution in [0.4, 0.5) is 0 Å². The van der Waals surface area contributed by atoms with Crippen molar-refractivity contribution in [2.45, 2.75) is 55.6 Å². The first-order valence-corrected chi connectivity index (χ1v) is 18.5. The summed E-state index contributed by atoms with van der Waals surface area (Å²) in [6.45, 7) is 3.91. The predicted molar refractivity (Wildman–Crippen MR) is 211 cm³/mol. The molecule has 260 valence electrons. The lowest BCUT2D eigenvalue weighted by Gasteiger charge is -2.40. The molecule has 0 aliphatic carbocycles. The maximum atomic E-state index is 12.2. The van der Waals surface area contributed by atoms with E-state index in [4.69, 9.17) is 0 Å². The highest BCUT2D eigenvalue weighted by Crippen LogP contribution is 2.44. The van der Waals surface area contributed by atoms with Crippen LogP contribution in [0.2, 0.25) is 0 Å². The van der Waals surface area contributed by atoms with E-state index in [0.29, 0.717) is 25.9 Å². The Kier molecular flexibility index (Phi) is 12.3. The van der Waals surface area contributed by atoms with Gasteiger partial charge in [0.2, 0.25) is 0 Å². The van der Waals surface area contributed by atoms with Crippen molar-refractivity contribution < 1.29 is 10.2 Å². The lowest BCUT2D eigenvalue weighted by molar-refractivity contribution is 0.0518. The monoisotopic (exact) mass is 673 g/mol. The van der Waals surface area contributed by atoms with Gasteiger partial charge in [-0.05, 0) is 59.2 Å². The summed E-state index contributed by atoms with van der Waals surface area (Å²) in [5, 5.41) is 24.4. The van der Waals surface area contributed by atoms with Crippen LogP contribution in [0.3, 0.4) is 0 Å². The normalized spacial score (nSPS) is 13.2. The Morgan fingerprint density at radius 1 is 0.412 bits per heavy atom. The Morgan fingerprint density at radius 2 is 0.647 bits per heavy atom. The maximum Gasteiger partial charge on any atom is 0.0682 e. The van der Waals surface area contributed by atoms with Crippen molar-refractivity contribution in [3.05, 3.63) is 215 Å². The SMILES string of the molecule is CCCCN(C[C@@H](O)CC(c1ccccc1)(c1ccccc1)c1ccccc1)C[C@@H](O)CC(c1ccccc1)(c1ccccc1)c1ccccc1. The number of benzene rings is 6. The van der Waals surface area contributed by atoms with E-state index >= 15 is 0 Å². The van der Waals surface area contributed by atoms with Crippen LogP contribution in [0.1, 0.15) is 66.0 Å². The summed E-state index contributed by atoms with van der Waals surface area (Å²) in [5.41, 5.74) is 5.81. The quantitative estimate of drug-likeness (QED) is 0.0948. The lowest BCUT2D eigenvalue weighted by Crippen LogP contribution is -2.44. The van der Waals surface area contributed by atoms with Crippen molar-refractivity contribution in [2.24, 2.45) is 0 Å². The fourth-order valence-corrected chi connectivity index (χ4v) is 8.11. The van der Waals surface area contributed by atoms with Gasteiger partial charge in [-0.25, -0.2) is 0 Å². The first-order chi connectivity index (χ1) is 25.1. The van der Waals surface area contributed by atoms with Gasteiger partial charge in [-0.2, -0.15) is 0 Å². The molecule has 3 nitrogen and oxygen atoms in total. The molecule has 0 saturated carbocycles. The van der Waals surface area contributed by atoms with Gasteiger partial charge >= 0.3 is 0 Å². The largest absolute Gasteiger partial charge is 0.392 e. The van der Waals surface area contributed by atoms with Crippen molar-refractivity contribution in [3.8, 4) is 0 Å². The minimum Gasteiger partial charge on any atom is -0.392 e. The standard InChI is InChI=1S/C48H51NO2/c1-2-3-34-49(37-45(50)35-47(39-22-10-4-11-23-39,40-24-12-5-13-25-40)41-26-14-6-15-27-41)38-46(51)36-48(42-28-16-7-17-29-42,43-30-18-8-19-31-43)44-32-20-9-21-33-44/h4-33,45-46,50-51H,2-3,34-38H2,1H3/t45-,46-/m0/s1. The molecule has 2 atom stereocenters. The van der Waals surface area contributed by atoms with Crippen molar-refractivity contribution >= 4 is 0 Å². The lowest BCUT2D eigenvalue weighted by atomic mass is 9.66. The van der Waals surface area contributed by atoms with Crippen molar-refractivity contribution in [1.82, 2.24) is 4.90 Å². The van der Waals surface area contributed by atoms with E-state index in [0.717, 1.165) is 52.8 Å². The molecule has 6 rings (SSSR count). The van der Waals surface area contributed by atoms with Gasteiger partial charge in [0.05, 0.1) is 12.2 Å². The second-order valence-corrected chi connectivity index (χ2v) is 13.8. The van der Waals surface area contributed by atoms with Crippen LogP contribution in [0.25, 0.3) is 0 Å². The molecule has 0 bridgehead atoms. The summed E-state index contributed by atoms with van der Waals surface area (Å²) in [6.07, 6.45) is 1.72. The first kappa shape index (κ1) is 36.0. The molecule has 0 aliphatic heterocycles. The van der Waals surface area contributed by atoms with Gasteiger partial charge in [-0.1, -0.05) is 195 Å². The average molecular weight is 674 g/mol. The number of unbranched alkanes of at least 4 members (excludes halogenated alkanes) is 1. The van der Waals surface area contributed by atoms with Crippen LogP contribution in [-0.4, -0.2) is 47.0 Å². The third kappa shape index (κ3) is 8.24. The highest BCUT2D eigenvalue weighted by molar-refractivity contribution is 5.52. The Morgan fingerprint density at radius 3 is 0.863 bits per heavy atom. The van der Waals surface area contributed by atoms with Gasteiger partial charge in [0, 0.05) is 23.9 Å². The van der Waals surface area contributed by atoms with Crippen LogP contribution in [-0.2, 0) is 10.8 Å². The number of nitrogens with zero attached hydrogens (tertiary/aromatic N) is 1. The van der Waals surface area contributed by atoms with Crippen molar-refractivity contribution in [2.75, 3.05) is 19.6 Å². The number of hydrogen-bond acceptors (Lipinski definition) is 3. The Balaban J connectivity index is 1.33. The van der Waals surface area contributed by atoms with E-state index in [1.54, 1.807) is 0 Å². The molecule has 6 aromatic carbocycles. The molecule has 0 saturated heterocycles. The fraction of sp³-hybridized carbons (Fsp3) is 0.250. The van der Waals surface area contributed by atoms with Gasteiger partial charge in [0.15, 0.2) is 0 Å². The van der Waals surface area contributed by atoms with Crippen LogP contribution < -0.4 is 0 Å². The summed E-state index contributed by atoms with van der Waals surface area (Å²) >= 11 is 0. The summed E-state index contributed by atoms with van der Waals surface area (Å²) in [6, 6.07) is 63.5. The minimum absolute atomic E-state index is 0.459. The van der Waals surface area contributed by atoms with Crippen LogP contribution in [0.5, 0.6) is 0 Å². The third-order valence-electron chi connectivity index (χ3n) is 10.4. The molecule has 0 amide bonds. The number of aliphatic hydroxyl groups is 2. The van der Waals surface area contributed by atoms with Gasteiger partial charge in [0.25, 0.3) is 0 Å². The summed E-state index contributed by atoms with van der Waals surface area (Å²) < 4.78 is 0. The molecule has 0 spiro atoms. The number of hydrogen-bond donors (Lipinski definition) is 2. The number of aliphatic hydroxyl groups excluding tert-OH is 2. The van der Waals surface area contributed by atoms with E-state index in [9.17, 15) is 10.2 Å². The van der Waals surface area contributed by atoms with Gasteiger partial charge in [0.1, 0.15) is 0 Å². The summed E-state index contributed by atoms with van der Waals surface area (Å²) in [7, 11) is 0. The van der Waals surface area contributed by atoms with E-state index in [1.807, 2.05) is 0 Å². The molecule has 0 heterocycles. The Hall–Kier alpha value is -4.80. The van der Waals surface area contributed by atoms with Crippen LogP contribution in [0.15, 0.2) is 182 Å². The average Bonchev–Trinajstić information content (AvgIpc) is 3.20. The van der Waals surface area contributed by atoms with Gasteiger partial charge in [-0.3, -0.25) is 4.90 Å². The molecule has 0 aliphatic rings. The molecular weight excluding hydrogens is 623 g/mol. The zero-order chi connectivity index (χ0) is 35.4. The van der Waals surface area contributed by atoms with Crippen LogP contribution >= 0.6 is 0 Å². The maximum absolute atomic E-state index is 12.2. The predicted octanol–water partition coefficient (Wildman–Crippen LogP) is 9.66. The molecule has 0 unspecified atom stereocenters. The van der Waals surface area contributed by atoms with Crippen molar-refractivity contribution in [1.29, 1.82) is 0 Å². The van der Waals surface area contributed by atoms with E-state index in [1.165, 1.54) is 0 Å². The highest BCUT2D eigenvalue weighted by atomic mass is 16.3. The van der Waals surface area contributed by atoms with E-state index in [-0.39, 0.29) is 0 Å². The zero-order valence-corrected chi connectivity index (χ0v) is 29.8. The molecule has 51 heavy (non-hydrogen) atoms. The Labute approximate surface area is 304 Å². The molecule has 0 radical (unpaired) electrons. The third-order valence-corrected chi connectivity index (χ3v) is 10.4. The van der Waals surface area contributed by atoms with Crippen LogP contribution in [0, 0.1) is 0 Å². The molecule has 2 N–H and O–H groups in total. The van der Waals surface area contributed by atoms with E-state index < -0.39 is 23.0 Å². The van der Waals surface area contributed by atoms with Gasteiger partial charge in [-0.15, -0.1) is 0 Å². The van der Waals surface area contributed by atoms with Gasteiger partial charge < -0.3 is 10.2 Å². The molecule has 0 fully saturated rings. The Bertz CT molecular complexity index is 1520. The highest BCUT2D eigenvalue weighted by Gasteiger charge is 2.40. The summed E-state index contributed by atoms with van der Waals surface area (Å²) in [4.78, 5) is 2.29. The van der Waals surface area contributed by atoms with E-state index in [2.05, 4.69) is 194 Å². The zero-order valence-electron chi connectivity index (χ0n) is 29.8. The minimum atomic E-state index is -0.656.